The van der Waals surface area contributed by atoms with Gasteiger partial charge in [0.2, 0.25) is 0 Å². The molecular formula is C28H33N5O3S. The average molecular weight is 520 g/mol. The van der Waals surface area contributed by atoms with Crippen molar-refractivity contribution in [3.8, 4) is 11.3 Å². The number of pyridine rings is 3. The van der Waals surface area contributed by atoms with Gasteiger partial charge in [-0.1, -0.05) is 26.5 Å². The van der Waals surface area contributed by atoms with Gasteiger partial charge in [0.25, 0.3) is 5.56 Å². The van der Waals surface area contributed by atoms with Crippen molar-refractivity contribution >= 4 is 33.8 Å². The lowest BCUT2D eigenvalue weighted by Gasteiger charge is -2.31. The summed E-state index contributed by atoms with van der Waals surface area (Å²) in [6.07, 6.45) is 7.70. The number of anilines is 2. The van der Waals surface area contributed by atoms with Gasteiger partial charge in [-0.05, 0) is 92.2 Å². The van der Waals surface area contributed by atoms with Crippen LogP contribution in [0.15, 0.2) is 65.8 Å². The lowest BCUT2D eigenvalue weighted by Crippen LogP contribution is -2.32. The van der Waals surface area contributed by atoms with E-state index in [1.54, 1.807) is 12.4 Å². The Labute approximate surface area is 220 Å². The highest BCUT2D eigenvalue weighted by molar-refractivity contribution is 7.51. The lowest BCUT2D eigenvalue weighted by atomic mass is 9.89. The van der Waals surface area contributed by atoms with E-state index in [2.05, 4.69) is 57.4 Å². The summed E-state index contributed by atoms with van der Waals surface area (Å²) in [6, 6.07) is 14.5. The van der Waals surface area contributed by atoms with Crippen LogP contribution in [0.3, 0.4) is 0 Å². The number of nitrogens with zero attached hydrogens (tertiary/aromatic N) is 3. The number of fused-ring (bicyclic) bond motifs is 1. The van der Waals surface area contributed by atoms with Crippen LogP contribution in [-0.2, 0) is 11.6 Å². The topological polar surface area (TPSA) is 108 Å². The number of H-pyrrole nitrogens is 1. The minimum absolute atomic E-state index is 0. The van der Waals surface area contributed by atoms with Gasteiger partial charge in [0.1, 0.15) is 5.82 Å². The smallest absolute Gasteiger partial charge is 0.335 e. The summed E-state index contributed by atoms with van der Waals surface area (Å²) >= 11 is -0.750. The SMILES string of the molecule is C.CCN1CCC(c2ccc(Nc3nc(-c4cncc(C)c4)cc4cc[nH]c(=O)c34)cc2)CC1.O=S=O. The molecule has 2 N–H and O–H groups in total. The fourth-order valence-corrected chi connectivity index (χ4v) is 4.71. The molecule has 1 aromatic carbocycles. The Balaban J connectivity index is 0.000000908. The second-order valence-corrected chi connectivity index (χ2v) is 9.04. The molecule has 0 radical (unpaired) electrons. The molecule has 1 saturated heterocycles. The molecule has 0 unspecified atom stereocenters. The Hall–Kier alpha value is -3.69. The van der Waals surface area contributed by atoms with Gasteiger partial charge in [0.15, 0.2) is 0 Å². The summed E-state index contributed by atoms with van der Waals surface area (Å²) in [5.41, 5.74) is 4.92. The molecule has 5 rings (SSSR count). The predicted molar refractivity (Wildman–Crippen MR) is 150 cm³/mol. The molecule has 1 aliphatic rings. The van der Waals surface area contributed by atoms with E-state index in [9.17, 15) is 4.79 Å². The summed E-state index contributed by atoms with van der Waals surface area (Å²) < 4.78 is 16.6. The maximum Gasteiger partial charge on any atom is 0.335 e. The van der Waals surface area contributed by atoms with E-state index in [0.717, 1.165) is 34.4 Å². The number of rotatable bonds is 5. The van der Waals surface area contributed by atoms with Gasteiger partial charge in [0.05, 0.1) is 11.1 Å². The van der Waals surface area contributed by atoms with Crippen LogP contribution in [0.4, 0.5) is 11.5 Å². The highest BCUT2D eigenvalue weighted by atomic mass is 32.1. The van der Waals surface area contributed by atoms with E-state index in [-0.39, 0.29) is 13.0 Å². The number of aryl methyl sites for hydroxylation is 1. The molecule has 4 aromatic rings. The number of aromatic nitrogens is 3. The van der Waals surface area contributed by atoms with Gasteiger partial charge in [-0.3, -0.25) is 9.78 Å². The molecule has 1 fully saturated rings. The van der Waals surface area contributed by atoms with Crippen molar-refractivity contribution in [2.75, 3.05) is 25.0 Å². The van der Waals surface area contributed by atoms with Crippen LogP contribution in [0.5, 0.6) is 0 Å². The van der Waals surface area contributed by atoms with Crippen LogP contribution in [0, 0.1) is 6.92 Å². The molecule has 8 nitrogen and oxygen atoms in total. The number of piperidine rings is 1. The van der Waals surface area contributed by atoms with Crippen LogP contribution >= 0.6 is 0 Å². The lowest BCUT2D eigenvalue weighted by molar-refractivity contribution is 0.222. The first-order valence-electron chi connectivity index (χ1n) is 12.0. The Morgan fingerprint density at radius 2 is 1.78 bits per heavy atom. The number of aromatic amines is 1. The van der Waals surface area contributed by atoms with Gasteiger partial charge < -0.3 is 15.2 Å². The number of hydrogen-bond donors (Lipinski definition) is 2. The van der Waals surface area contributed by atoms with Crippen LogP contribution in [-0.4, -0.2) is 47.9 Å². The molecule has 0 amide bonds. The third-order valence-corrected chi connectivity index (χ3v) is 6.60. The fourth-order valence-electron chi connectivity index (χ4n) is 4.71. The number of benzene rings is 1. The summed E-state index contributed by atoms with van der Waals surface area (Å²) in [7, 11) is 0. The zero-order valence-electron chi connectivity index (χ0n) is 20.4. The number of hydrogen-bond acceptors (Lipinski definition) is 7. The molecule has 194 valence electrons. The normalized spacial score (nSPS) is 13.8. The molecule has 0 aliphatic carbocycles. The maximum atomic E-state index is 12.7. The van der Waals surface area contributed by atoms with E-state index >= 15 is 0 Å². The van der Waals surface area contributed by atoms with Gasteiger partial charge in [0, 0.05) is 29.8 Å². The molecule has 9 heteroatoms. The first kappa shape index (κ1) is 27.9. The third kappa shape index (κ3) is 6.75. The van der Waals surface area contributed by atoms with Crippen LogP contribution in [0.2, 0.25) is 0 Å². The summed E-state index contributed by atoms with van der Waals surface area (Å²) in [5.74, 6) is 1.16. The fraction of sp³-hybridized carbons (Fsp3) is 0.321. The minimum Gasteiger partial charge on any atom is -0.340 e. The second-order valence-electron chi connectivity index (χ2n) is 8.90. The summed E-state index contributed by atoms with van der Waals surface area (Å²) in [4.78, 5) is 27.1. The molecule has 0 bridgehead atoms. The Bertz CT molecular complexity index is 1420. The molecular weight excluding hydrogens is 486 g/mol. The van der Waals surface area contributed by atoms with E-state index in [4.69, 9.17) is 13.4 Å². The van der Waals surface area contributed by atoms with Gasteiger partial charge in [-0.25, -0.2) is 4.98 Å². The molecule has 4 heterocycles. The first-order chi connectivity index (χ1) is 17.5. The zero-order valence-corrected chi connectivity index (χ0v) is 21.2. The van der Waals surface area contributed by atoms with Crippen molar-refractivity contribution in [1.82, 2.24) is 19.9 Å². The van der Waals surface area contributed by atoms with Crippen molar-refractivity contribution in [3.05, 3.63) is 82.5 Å². The average Bonchev–Trinajstić information content (AvgIpc) is 2.89. The van der Waals surface area contributed by atoms with Crippen molar-refractivity contribution in [2.24, 2.45) is 0 Å². The molecule has 37 heavy (non-hydrogen) atoms. The molecule has 0 atom stereocenters. The van der Waals surface area contributed by atoms with E-state index < -0.39 is 11.6 Å². The van der Waals surface area contributed by atoms with Gasteiger partial charge >= 0.3 is 11.6 Å². The predicted octanol–water partition coefficient (Wildman–Crippen LogP) is 5.20. The van der Waals surface area contributed by atoms with Crippen molar-refractivity contribution < 1.29 is 8.42 Å². The number of likely N-dealkylation sites (tertiary alicyclic amines) is 1. The molecule has 0 saturated carbocycles. The highest BCUT2D eigenvalue weighted by Crippen LogP contribution is 2.31. The molecule has 0 spiro atoms. The second kappa shape index (κ2) is 13.0. The third-order valence-electron chi connectivity index (χ3n) is 6.60. The van der Waals surface area contributed by atoms with E-state index in [1.165, 1.54) is 31.5 Å². The van der Waals surface area contributed by atoms with Crippen molar-refractivity contribution in [3.63, 3.8) is 0 Å². The van der Waals surface area contributed by atoms with Crippen molar-refractivity contribution in [1.29, 1.82) is 0 Å². The summed E-state index contributed by atoms with van der Waals surface area (Å²) in [5, 5.41) is 4.79. The van der Waals surface area contributed by atoms with Gasteiger partial charge in [-0.15, -0.1) is 0 Å². The quantitative estimate of drug-likeness (QED) is 0.373. The van der Waals surface area contributed by atoms with Crippen LogP contribution in [0.1, 0.15) is 44.2 Å². The Morgan fingerprint density at radius 1 is 1.08 bits per heavy atom. The van der Waals surface area contributed by atoms with Gasteiger partial charge in [-0.2, -0.15) is 8.42 Å². The standard InChI is InChI=1S/C27H29N5O.CH4.O2S/c1-3-32-12-9-20(10-13-32)19-4-6-23(7-5-19)30-26-25-21(8-11-29-27(25)33)15-24(31-26)22-14-18(2)16-28-17-22;;1-3-2/h4-8,11,14-17,20H,3,9-10,12-13H2,1-2H3,(H,29,33)(H,30,31);1H4;. The summed E-state index contributed by atoms with van der Waals surface area (Å²) in [6.45, 7) is 7.71. The number of nitrogens with one attached hydrogen (secondary N) is 2. The highest BCUT2D eigenvalue weighted by Gasteiger charge is 2.19. The monoisotopic (exact) mass is 519 g/mol. The van der Waals surface area contributed by atoms with Crippen molar-refractivity contribution in [2.45, 2.75) is 40.0 Å². The van der Waals surface area contributed by atoms with E-state index in [1.807, 2.05) is 25.3 Å². The van der Waals surface area contributed by atoms with E-state index in [0.29, 0.717) is 17.1 Å². The van der Waals surface area contributed by atoms with Crippen LogP contribution < -0.4 is 10.9 Å². The van der Waals surface area contributed by atoms with Crippen LogP contribution in [0.25, 0.3) is 22.0 Å². The Kier molecular flexibility index (Phi) is 9.82. The largest absolute Gasteiger partial charge is 0.340 e. The first-order valence-corrected chi connectivity index (χ1v) is 12.6. The maximum absolute atomic E-state index is 12.7. The minimum atomic E-state index is -0.750. The molecule has 3 aromatic heterocycles. The molecule has 1 aliphatic heterocycles. The zero-order chi connectivity index (χ0) is 25.5. The Morgan fingerprint density at radius 3 is 2.43 bits per heavy atom.